The molecular formula is C24H37Cl2N2O2-. The molecule has 2 rings (SSSR count). The Labute approximate surface area is 192 Å². The number of hydrogen-bond donors (Lipinski definition) is 0. The van der Waals surface area contributed by atoms with Gasteiger partial charge in [0.25, 0.3) is 0 Å². The molecule has 0 unspecified atom stereocenters. The second-order valence-corrected chi connectivity index (χ2v) is 10.6. The lowest BCUT2D eigenvalue weighted by Gasteiger charge is -2.60. The molecule has 1 aliphatic heterocycles. The van der Waals surface area contributed by atoms with Crippen LogP contribution in [0.3, 0.4) is 0 Å². The third-order valence-corrected chi connectivity index (χ3v) is 6.46. The Kier molecular flexibility index (Phi) is 9.48. The van der Waals surface area contributed by atoms with Gasteiger partial charge in [0.15, 0.2) is 0 Å². The van der Waals surface area contributed by atoms with E-state index < -0.39 is 11.1 Å². The molecule has 0 spiro atoms. The Balaban J connectivity index is 1.80. The number of hydroxylamine groups is 2. The molecule has 0 saturated carbocycles. The van der Waals surface area contributed by atoms with Crippen LogP contribution in [0.4, 0.5) is 5.69 Å². The molecule has 0 aromatic heterocycles. The second kappa shape index (κ2) is 11.2. The van der Waals surface area contributed by atoms with E-state index in [0.29, 0.717) is 36.3 Å². The average molecular weight is 456 g/mol. The molecular weight excluding hydrogens is 419 g/mol. The van der Waals surface area contributed by atoms with Crippen molar-refractivity contribution < 1.29 is 4.79 Å². The normalized spacial score (nSPS) is 19.0. The minimum Gasteiger partial charge on any atom is -0.784 e. The number of ketones is 1. The predicted octanol–water partition coefficient (Wildman–Crippen LogP) is 6.02. The summed E-state index contributed by atoms with van der Waals surface area (Å²) < 4.78 is 0. The van der Waals surface area contributed by atoms with E-state index in [1.54, 1.807) is 0 Å². The number of piperidine rings is 1. The fourth-order valence-electron chi connectivity index (χ4n) is 4.98. The van der Waals surface area contributed by atoms with E-state index in [1.165, 1.54) is 10.6 Å². The summed E-state index contributed by atoms with van der Waals surface area (Å²) in [4.78, 5) is 14.8. The van der Waals surface area contributed by atoms with E-state index in [2.05, 4.69) is 29.2 Å². The summed E-state index contributed by atoms with van der Waals surface area (Å²) in [5, 5.41) is 13.7. The summed E-state index contributed by atoms with van der Waals surface area (Å²) in [7, 11) is 0. The number of anilines is 1. The van der Waals surface area contributed by atoms with Gasteiger partial charge in [-0.3, -0.25) is 4.79 Å². The van der Waals surface area contributed by atoms with Gasteiger partial charge in [-0.15, -0.1) is 23.2 Å². The Morgan fingerprint density at radius 1 is 1.07 bits per heavy atom. The number of benzene rings is 1. The number of nitrogens with zero attached hydrogens (tertiary/aromatic N) is 2. The van der Waals surface area contributed by atoms with Crippen molar-refractivity contribution in [2.75, 3.05) is 29.7 Å². The molecule has 1 fully saturated rings. The highest BCUT2D eigenvalue weighted by Crippen LogP contribution is 2.41. The number of Topliss-reactive ketones (excluding diaryl/α,β-unsaturated/α-hetero) is 1. The van der Waals surface area contributed by atoms with Gasteiger partial charge in [0.05, 0.1) is 0 Å². The zero-order chi connectivity index (χ0) is 22.4. The SMILES string of the molecule is CC1(C)CC(CC(=O)CCCc2ccc(N(CCCl)CCCl)cc2)CC(C)(C)N1[O-]. The van der Waals surface area contributed by atoms with E-state index in [-0.39, 0.29) is 0 Å². The van der Waals surface area contributed by atoms with Crippen molar-refractivity contribution in [3.63, 3.8) is 0 Å². The van der Waals surface area contributed by atoms with E-state index in [0.717, 1.165) is 44.5 Å². The highest BCUT2D eigenvalue weighted by atomic mass is 35.5. The molecule has 1 heterocycles. The highest BCUT2D eigenvalue weighted by molar-refractivity contribution is 6.18. The summed E-state index contributed by atoms with van der Waals surface area (Å²) in [5.41, 5.74) is 1.56. The maximum Gasteiger partial charge on any atom is 0.133 e. The van der Waals surface area contributed by atoms with Gasteiger partial charge in [0.1, 0.15) is 5.78 Å². The molecule has 170 valence electrons. The number of carbonyl (C=O) groups is 1. The van der Waals surface area contributed by atoms with Crippen LogP contribution in [-0.2, 0) is 11.2 Å². The molecule has 0 radical (unpaired) electrons. The van der Waals surface area contributed by atoms with E-state index in [4.69, 9.17) is 23.2 Å². The third-order valence-electron chi connectivity index (χ3n) is 6.12. The Hall–Kier alpha value is -0.810. The molecule has 0 atom stereocenters. The fraction of sp³-hybridized carbons (Fsp3) is 0.708. The monoisotopic (exact) mass is 455 g/mol. The van der Waals surface area contributed by atoms with Crippen LogP contribution in [0.2, 0.25) is 0 Å². The lowest BCUT2D eigenvalue weighted by Crippen LogP contribution is -2.57. The first-order valence-electron chi connectivity index (χ1n) is 11.0. The molecule has 30 heavy (non-hydrogen) atoms. The van der Waals surface area contributed by atoms with Gasteiger partial charge in [-0.2, -0.15) is 0 Å². The van der Waals surface area contributed by atoms with Crippen LogP contribution >= 0.6 is 23.2 Å². The van der Waals surface area contributed by atoms with Gasteiger partial charge < -0.3 is 15.2 Å². The van der Waals surface area contributed by atoms with Gasteiger partial charge in [0.2, 0.25) is 0 Å². The van der Waals surface area contributed by atoms with Crippen molar-refractivity contribution in [2.45, 2.75) is 77.3 Å². The second-order valence-electron chi connectivity index (χ2n) is 9.82. The molecule has 1 aliphatic rings. The Morgan fingerprint density at radius 2 is 1.60 bits per heavy atom. The van der Waals surface area contributed by atoms with E-state index >= 15 is 0 Å². The molecule has 0 amide bonds. The third kappa shape index (κ3) is 7.12. The van der Waals surface area contributed by atoms with Crippen LogP contribution < -0.4 is 4.90 Å². The van der Waals surface area contributed by atoms with Gasteiger partial charge >= 0.3 is 0 Å². The Morgan fingerprint density at radius 3 is 2.10 bits per heavy atom. The first kappa shape index (κ1) is 25.5. The van der Waals surface area contributed by atoms with Crippen molar-refractivity contribution in [1.29, 1.82) is 0 Å². The van der Waals surface area contributed by atoms with Crippen LogP contribution in [0.5, 0.6) is 0 Å². The van der Waals surface area contributed by atoms with Crippen molar-refractivity contribution in [2.24, 2.45) is 5.92 Å². The van der Waals surface area contributed by atoms with Gasteiger partial charge in [0, 0.05) is 54.5 Å². The van der Waals surface area contributed by atoms with E-state index in [1.807, 2.05) is 27.7 Å². The van der Waals surface area contributed by atoms with Gasteiger partial charge in [-0.25, -0.2) is 0 Å². The zero-order valence-electron chi connectivity index (χ0n) is 18.9. The van der Waals surface area contributed by atoms with Crippen molar-refractivity contribution in [3.05, 3.63) is 35.0 Å². The van der Waals surface area contributed by atoms with Gasteiger partial charge in [-0.1, -0.05) is 12.1 Å². The van der Waals surface area contributed by atoms with Gasteiger partial charge in [-0.05, 0) is 77.0 Å². The smallest absolute Gasteiger partial charge is 0.133 e. The lowest BCUT2D eigenvalue weighted by molar-refractivity contribution is -0.121. The fourth-order valence-corrected chi connectivity index (χ4v) is 5.38. The average Bonchev–Trinajstić information content (AvgIpc) is 2.66. The number of alkyl halides is 2. The molecule has 0 aliphatic carbocycles. The largest absolute Gasteiger partial charge is 0.784 e. The minimum atomic E-state index is -0.407. The summed E-state index contributed by atoms with van der Waals surface area (Å²) in [6.45, 7) is 9.52. The number of rotatable bonds is 11. The van der Waals surface area contributed by atoms with Crippen LogP contribution in [-0.4, -0.2) is 46.8 Å². The number of halogens is 2. The first-order chi connectivity index (χ1) is 14.1. The van der Waals surface area contributed by atoms with Crippen molar-refractivity contribution in [3.8, 4) is 0 Å². The van der Waals surface area contributed by atoms with Crippen LogP contribution in [0.25, 0.3) is 0 Å². The lowest BCUT2D eigenvalue weighted by atomic mass is 9.73. The number of aryl methyl sites for hydroxylation is 1. The molecule has 0 N–H and O–H groups in total. The maximum absolute atomic E-state index is 12.6. The number of carbonyl (C=O) groups excluding carboxylic acids is 1. The molecule has 1 aromatic rings. The van der Waals surface area contributed by atoms with E-state index in [9.17, 15) is 10.0 Å². The first-order valence-corrected chi connectivity index (χ1v) is 12.1. The highest BCUT2D eigenvalue weighted by Gasteiger charge is 2.40. The molecule has 0 bridgehead atoms. The van der Waals surface area contributed by atoms with Crippen LogP contribution in [0.1, 0.15) is 65.4 Å². The predicted molar refractivity (Wildman–Crippen MR) is 129 cm³/mol. The van der Waals surface area contributed by atoms with Crippen LogP contribution in [0.15, 0.2) is 24.3 Å². The Bertz CT molecular complexity index is 652. The standard InChI is InChI=1S/C24H37Cl2N2O2/c1-23(2)17-20(18-24(3,4)28(23)30)16-22(29)7-5-6-19-8-10-21(11-9-19)27(14-12-25)15-13-26/h8-11,20H,5-7,12-18H2,1-4H3/q-1. The topological polar surface area (TPSA) is 46.6 Å². The molecule has 6 heteroatoms. The summed E-state index contributed by atoms with van der Waals surface area (Å²) >= 11 is 11.8. The summed E-state index contributed by atoms with van der Waals surface area (Å²) in [6, 6.07) is 8.48. The molecule has 4 nitrogen and oxygen atoms in total. The molecule has 1 aromatic carbocycles. The quantitative estimate of drug-likeness (QED) is 0.382. The molecule has 1 saturated heterocycles. The summed E-state index contributed by atoms with van der Waals surface area (Å²) in [6.07, 6.45) is 4.52. The van der Waals surface area contributed by atoms with Crippen molar-refractivity contribution >= 4 is 34.7 Å². The van der Waals surface area contributed by atoms with Crippen LogP contribution in [0, 0.1) is 11.1 Å². The zero-order valence-corrected chi connectivity index (χ0v) is 20.4. The van der Waals surface area contributed by atoms with Crippen molar-refractivity contribution in [1.82, 2.24) is 5.06 Å². The number of hydrogen-bond acceptors (Lipinski definition) is 4. The summed E-state index contributed by atoms with van der Waals surface area (Å²) in [5.74, 6) is 1.76. The minimum absolute atomic E-state index is 0.293. The maximum atomic E-state index is 12.6.